The largest absolute Gasteiger partial charge is 0.477 e. The van der Waals surface area contributed by atoms with E-state index in [2.05, 4.69) is 0 Å². The number of ether oxygens (including phenoxy) is 1. The van der Waals surface area contributed by atoms with Crippen molar-refractivity contribution in [3.05, 3.63) is 108 Å². The average molecular weight is 465 g/mol. The molecule has 0 saturated carbocycles. The Labute approximate surface area is 203 Å². The summed E-state index contributed by atoms with van der Waals surface area (Å²) in [7, 11) is 0. The van der Waals surface area contributed by atoms with Gasteiger partial charge in [-0.15, -0.1) is 0 Å². The molecule has 0 radical (unpaired) electrons. The first-order valence-corrected chi connectivity index (χ1v) is 11.3. The van der Waals surface area contributed by atoms with Crippen LogP contribution >= 0.6 is 0 Å². The van der Waals surface area contributed by atoms with Crippen LogP contribution in [0.25, 0.3) is 17.3 Å². The minimum Gasteiger partial charge on any atom is -0.477 e. The van der Waals surface area contributed by atoms with Gasteiger partial charge >= 0.3 is 0 Å². The highest BCUT2D eigenvalue weighted by Gasteiger charge is 2.31. The normalized spacial score (nSPS) is 15.0. The minimum absolute atomic E-state index is 0.0499. The second kappa shape index (κ2) is 9.69. The Kier molecular flexibility index (Phi) is 6.13. The Balaban J connectivity index is 1.46. The number of hydrogen-bond acceptors (Lipinski definition) is 4. The van der Waals surface area contributed by atoms with Crippen molar-refractivity contribution >= 4 is 23.6 Å². The van der Waals surface area contributed by atoms with Gasteiger partial charge in [-0.3, -0.25) is 14.3 Å². The van der Waals surface area contributed by atoms with Crippen LogP contribution in [0.3, 0.4) is 0 Å². The van der Waals surface area contributed by atoms with E-state index >= 15 is 0 Å². The maximum absolute atomic E-state index is 13.3. The molecule has 1 atom stereocenters. The van der Waals surface area contributed by atoms with Gasteiger partial charge in [0.1, 0.15) is 5.75 Å². The van der Waals surface area contributed by atoms with Crippen molar-refractivity contribution in [2.24, 2.45) is 5.73 Å². The van der Waals surface area contributed by atoms with Crippen molar-refractivity contribution in [1.29, 1.82) is 0 Å². The molecule has 4 aromatic rings. The third-order valence-corrected chi connectivity index (χ3v) is 5.79. The number of primary amides is 1. The SMILES string of the molecule is NC(=O)C1CN(C(=O)C=Cc2cn(Cc3ccccc3)nc2-c2ccccc2)c2ccccc2O1. The number of rotatable bonds is 6. The zero-order valence-corrected chi connectivity index (χ0v) is 19.0. The number of nitrogens with two attached hydrogens (primary N) is 1. The van der Waals surface area contributed by atoms with Crippen LogP contribution in [0.2, 0.25) is 0 Å². The Morgan fingerprint density at radius 3 is 2.40 bits per heavy atom. The van der Waals surface area contributed by atoms with E-state index in [4.69, 9.17) is 15.6 Å². The van der Waals surface area contributed by atoms with Crippen LogP contribution in [0, 0.1) is 0 Å². The predicted octanol–water partition coefficient (Wildman–Crippen LogP) is 3.89. The van der Waals surface area contributed by atoms with Gasteiger partial charge in [-0.25, -0.2) is 0 Å². The monoisotopic (exact) mass is 464 g/mol. The first-order valence-electron chi connectivity index (χ1n) is 11.3. The number of para-hydroxylation sites is 2. The summed E-state index contributed by atoms with van der Waals surface area (Å²) >= 11 is 0. The summed E-state index contributed by atoms with van der Waals surface area (Å²) < 4.78 is 7.54. The van der Waals surface area contributed by atoms with Crippen molar-refractivity contribution in [3.63, 3.8) is 0 Å². The molecule has 0 fully saturated rings. The maximum Gasteiger partial charge on any atom is 0.260 e. The van der Waals surface area contributed by atoms with Crippen LogP contribution in [0.4, 0.5) is 5.69 Å². The lowest BCUT2D eigenvalue weighted by Gasteiger charge is -2.32. The lowest BCUT2D eigenvalue weighted by Crippen LogP contribution is -2.49. The summed E-state index contributed by atoms with van der Waals surface area (Å²) in [5.41, 5.74) is 9.75. The molecular weight excluding hydrogens is 440 g/mol. The van der Waals surface area contributed by atoms with Crippen LogP contribution in [-0.4, -0.2) is 34.2 Å². The quantitative estimate of drug-likeness (QED) is 0.439. The molecule has 174 valence electrons. The van der Waals surface area contributed by atoms with E-state index < -0.39 is 12.0 Å². The van der Waals surface area contributed by atoms with Crippen molar-refractivity contribution < 1.29 is 14.3 Å². The summed E-state index contributed by atoms with van der Waals surface area (Å²) in [6.45, 7) is 0.661. The molecule has 1 aliphatic rings. The fourth-order valence-electron chi connectivity index (χ4n) is 4.07. The molecule has 2 heterocycles. The number of fused-ring (bicyclic) bond motifs is 1. The molecule has 3 aromatic carbocycles. The molecule has 0 saturated heterocycles. The first-order chi connectivity index (χ1) is 17.1. The first kappa shape index (κ1) is 22.2. The number of carbonyl (C=O) groups is 2. The van der Waals surface area contributed by atoms with E-state index in [9.17, 15) is 9.59 Å². The molecule has 1 aliphatic heterocycles. The molecule has 1 unspecified atom stereocenters. The third kappa shape index (κ3) is 4.84. The van der Waals surface area contributed by atoms with Gasteiger partial charge in [0.25, 0.3) is 11.8 Å². The van der Waals surface area contributed by atoms with E-state index in [-0.39, 0.29) is 12.5 Å². The molecular formula is C28H24N4O3. The number of hydrogen-bond donors (Lipinski definition) is 1. The summed E-state index contributed by atoms with van der Waals surface area (Å²) in [6.07, 6.45) is 4.28. The molecule has 35 heavy (non-hydrogen) atoms. The van der Waals surface area contributed by atoms with Crippen LogP contribution in [0.15, 0.2) is 97.2 Å². The number of carbonyl (C=O) groups excluding carboxylic acids is 2. The van der Waals surface area contributed by atoms with Gasteiger partial charge < -0.3 is 15.4 Å². The van der Waals surface area contributed by atoms with Crippen molar-refractivity contribution in [2.75, 3.05) is 11.4 Å². The van der Waals surface area contributed by atoms with Gasteiger partial charge in [0.2, 0.25) is 0 Å². The Morgan fingerprint density at radius 1 is 0.971 bits per heavy atom. The molecule has 5 rings (SSSR count). The van der Waals surface area contributed by atoms with Crippen LogP contribution in [0.5, 0.6) is 5.75 Å². The number of anilines is 1. The summed E-state index contributed by atoms with van der Waals surface area (Å²) in [4.78, 5) is 26.6. The highest BCUT2D eigenvalue weighted by molar-refractivity contribution is 6.06. The summed E-state index contributed by atoms with van der Waals surface area (Å²) in [5, 5.41) is 4.80. The minimum atomic E-state index is -0.907. The average Bonchev–Trinajstić information content (AvgIpc) is 3.30. The van der Waals surface area contributed by atoms with Crippen molar-refractivity contribution in [3.8, 4) is 17.0 Å². The smallest absolute Gasteiger partial charge is 0.260 e. The highest BCUT2D eigenvalue weighted by Crippen LogP contribution is 2.33. The molecule has 0 aliphatic carbocycles. The predicted molar refractivity (Wildman–Crippen MR) is 135 cm³/mol. The summed E-state index contributed by atoms with van der Waals surface area (Å²) in [5.74, 6) is -0.443. The fourth-order valence-corrected chi connectivity index (χ4v) is 4.07. The van der Waals surface area contributed by atoms with Gasteiger partial charge in [0.05, 0.1) is 24.5 Å². The van der Waals surface area contributed by atoms with E-state index in [0.29, 0.717) is 18.0 Å². The lowest BCUT2D eigenvalue weighted by atomic mass is 10.1. The zero-order valence-electron chi connectivity index (χ0n) is 19.0. The lowest BCUT2D eigenvalue weighted by molar-refractivity contribution is -0.125. The van der Waals surface area contributed by atoms with Crippen molar-refractivity contribution in [2.45, 2.75) is 12.6 Å². The highest BCUT2D eigenvalue weighted by atomic mass is 16.5. The molecule has 1 aromatic heterocycles. The van der Waals surface area contributed by atoms with Crippen molar-refractivity contribution in [1.82, 2.24) is 9.78 Å². The number of aromatic nitrogens is 2. The van der Waals surface area contributed by atoms with Crippen LogP contribution in [-0.2, 0) is 16.1 Å². The number of amides is 2. The number of nitrogens with zero attached hydrogens (tertiary/aromatic N) is 3. The van der Waals surface area contributed by atoms with E-state index in [1.807, 2.05) is 77.6 Å². The number of benzene rings is 3. The Bertz CT molecular complexity index is 1380. The molecule has 0 spiro atoms. The van der Waals surface area contributed by atoms with E-state index in [0.717, 1.165) is 22.4 Å². The standard InChI is InChI=1S/C28H24N4O3/c29-28(34)25-19-32(23-13-7-8-14-24(23)35-25)26(33)16-15-22-18-31(17-20-9-3-1-4-10-20)30-27(22)21-11-5-2-6-12-21/h1-16,18,25H,17,19H2,(H2,29,34). The second-order valence-corrected chi connectivity index (χ2v) is 8.24. The maximum atomic E-state index is 13.3. The van der Waals surface area contributed by atoms with Gasteiger partial charge in [0, 0.05) is 23.4 Å². The molecule has 7 nitrogen and oxygen atoms in total. The zero-order chi connectivity index (χ0) is 24.2. The molecule has 0 bridgehead atoms. The second-order valence-electron chi connectivity index (χ2n) is 8.24. The molecule has 2 amide bonds. The fraction of sp³-hybridized carbons (Fsp3) is 0.107. The van der Waals surface area contributed by atoms with Gasteiger partial charge in [-0.05, 0) is 23.8 Å². The van der Waals surface area contributed by atoms with E-state index in [1.165, 1.54) is 11.0 Å². The van der Waals surface area contributed by atoms with Gasteiger partial charge in [0.15, 0.2) is 6.10 Å². The van der Waals surface area contributed by atoms with E-state index in [1.54, 1.807) is 24.3 Å². The molecule has 2 N–H and O–H groups in total. The third-order valence-electron chi connectivity index (χ3n) is 5.79. The van der Waals surface area contributed by atoms with Crippen LogP contribution < -0.4 is 15.4 Å². The van der Waals surface area contributed by atoms with Gasteiger partial charge in [-0.2, -0.15) is 5.10 Å². The Morgan fingerprint density at radius 2 is 1.66 bits per heavy atom. The van der Waals surface area contributed by atoms with Gasteiger partial charge in [-0.1, -0.05) is 72.8 Å². The molecule has 7 heteroatoms. The topological polar surface area (TPSA) is 90.5 Å². The van der Waals surface area contributed by atoms with Crippen LogP contribution in [0.1, 0.15) is 11.1 Å². The summed E-state index contributed by atoms with van der Waals surface area (Å²) in [6, 6.07) is 27.0. The Hall–Kier alpha value is -4.65.